The molecule has 0 saturated carbocycles. The van der Waals surface area contributed by atoms with Gasteiger partial charge in [0.25, 0.3) is 0 Å². The van der Waals surface area contributed by atoms with Gasteiger partial charge in [0.1, 0.15) is 0 Å². The lowest BCUT2D eigenvalue weighted by Gasteiger charge is -2.29. The van der Waals surface area contributed by atoms with E-state index >= 15 is 0 Å². The van der Waals surface area contributed by atoms with Gasteiger partial charge in [0, 0.05) is 12.6 Å². The van der Waals surface area contributed by atoms with Crippen LogP contribution in [0.5, 0.6) is 0 Å². The summed E-state index contributed by atoms with van der Waals surface area (Å²) < 4.78 is 0. The third-order valence-electron chi connectivity index (χ3n) is 3.36. The summed E-state index contributed by atoms with van der Waals surface area (Å²) in [5.74, 6) is -0.803. The van der Waals surface area contributed by atoms with E-state index in [0.717, 1.165) is 5.56 Å². The number of hydrogen-bond acceptors (Lipinski definition) is 3. The Morgan fingerprint density at radius 3 is 2.19 bits per heavy atom. The van der Waals surface area contributed by atoms with Crippen LogP contribution in [0.25, 0.3) is 0 Å². The number of carbonyl (C=O) groups excluding carboxylic acids is 2. The van der Waals surface area contributed by atoms with Gasteiger partial charge in [-0.25, -0.2) is 0 Å². The molecule has 0 aliphatic rings. The summed E-state index contributed by atoms with van der Waals surface area (Å²) in [4.78, 5) is 25.2. The van der Waals surface area contributed by atoms with Gasteiger partial charge in [0.2, 0.25) is 11.8 Å². The maximum atomic E-state index is 12.6. The van der Waals surface area contributed by atoms with E-state index in [4.69, 9.17) is 11.5 Å². The van der Waals surface area contributed by atoms with Gasteiger partial charge in [-0.3, -0.25) is 9.59 Å². The Bertz CT molecular complexity index is 474. The highest BCUT2D eigenvalue weighted by Crippen LogP contribution is 2.21. The van der Waals surface area contributed by atoms with Crippen molar-refractivity contribution in [2.24, 2.45) is 23.3 Å². The smallest absolute Gasteiger partial charge is 0.237 e. The molecule has 1 aromatic rings. The average molecular weight is 291 g/mol. The van der Waals surface area contributed by atoms with E-state index in [1.165, 1.54) is 4.90 Å². The average Bonchev–Trinajstić information content (AvgIpc) is 2.44. The highest BCUT2D eigenvalue weighted by Gasteiger charge is 2.27. The summed E-state index contributed by atoms with van der Waals surface area (Å²) in [6.07, 6.45) is 0. The lowest BCUT2D eigenvalue weighted by molar-refractivity contribution is -0.139. The Balaban J connectivity index is 2.84. The minimum Gasteiger partial charge on any atom is -0.368 e. The number of primary amides is 1. The van der Waals surface area contributed by atoms with Gasteiger partial charge in [-0.2, -0.15) is 0 Å². The molecule has 5 nitrogen and oxygen atoms in total. The highest BCUT2D eigenvalue weighted by molar-refractivity contribution is 5.85. The molecule has 0 bridgehead atoms. The predicted octanol–water partition coefficient (Wildman–Crippen LogP) is 1.29. The van der Waals surface area contributed by atoms with Crippen LogP contribution in [-0.2, 0) is 9.59 Å². The van der Waals surface area contributed by atoms with Crippen LogP contribution in [0.4, 0.5) is 0 Å². The van der Waals surface area contributed by atoms with E-state index in [1.54, 1.807) is 6.92 Å². The van der Waals surface area contributed by atoms with Crippen LogP contribution in [0, 0.1) is 11.8 Å². The Labute approximate surface area is 126 Å². The van der Waals surface area contributed by atoms with Crippen molar-refractivity contribution >= 4 is 11.8 Å². The second-order valence-corrected chi connectivity index (χ2v) is 5.80. The molecule has 2 unspecified atom stereocenters. The summed E-state index contributed by atoms with van der Waals surface area (Å²) in [7, 11) is 0. The van der Waals surface area contributed by atoms with Crippen LogP contribution >= 0.6 is 0 Å². The highest BCUT2D eigenvalue weighted by atomic mass is 16.2. The van der Waals surface area contributed by atoms with Gasteiger partial charge >= 0.3 is 0 Å². The Morgan fingerprint density at radius 1 is 1.14 bits per heavy atom. The first-order valence-corrected chi connectivity index (χ1v) is 7.20. The fourth-order valence-electron chi connectivity index (χ4n) is 2.27. The van der Waals surface area contributed by atoms with E-state index in [2.05, 4.69) is 0 Å². The molecule has 116 valence electrons. The minimum atomic E-state index is -0.510. The maximum absolute atomic E-state index is 12.6. The molecule has 0 fully saturated rings. The van der Waals surface area contributed by atoms with Crippen molar-refractivity contribution in [3.05, 3.63) is 35.9 Å². The zero-order valence-electron chi connectivity index (χ0n) is 13.0. The van der Waals surface area contributed by atoms with Crippen LogP contribution < -0.4 is 11.5 Å². The molecule has 1 aromatic carbocycles. The molecule has 2 amide bonds. The first kappa shape index (κ1) is 17.2. The molecular formula is C16H25N3O2. The third-order valence-corrected chi connectivity index (χ3v) is 3.36. The molecule has 2 atom stereocenters. The van der Waals surface area contributed by atoms with Crippen molar-refractivity contribution in [1.29, 1.82) is 0 Å². The van der Waals surface area contributed by atoms with E-state index in [0.29, 0.717) is 6.54 Å². The minimum absolute atomic E-state index is 0.0666. The Morgan fingerprint density at radius 2 is 1.71 bits per heavy atom. The zero-order valence-corrected chi connectivity index (χ0v) is 13.0. The van der Waals surface area contributed by atoms with Crippen molar-refractivity contribution in [1.82, 2.24) is 4.90 Å². The molecule has 0 aromatic heterocycles. The first-order chi connectivity index (χ1) is 9.82. The van der Waals surface area contributed by atoms with Crippen molar-refractivity contribution in [2.75, 3.05) is 13.1 Å². The number of hydrogen-bond donors (Lipinski definition) is 2. The number of nitrogens with zero attached hydrogens (tertiary/aromatic N) is 1. The number of rotatable bonds is 7. The second kappa shape index (κ2) is 7.78. The van der Waals surface area contributed by atoms with Crippen LogP contribution in [0.15, 0.2) is 30.3 Å². The quantitative estimate of drug-likeness (QED) is 0.793. The van der Waals surface area contributed by atoms with Crippen LogP contribution in [0.1, 0.15) is 32.4 Å². The molecule has 21 heavy (non-hydrogen) atoms. The lowest BCUT2D eigenvalue weighted by Crippen LogP contribution is -2.45. The van der Waals surface area contributed by atoms with E-state index in [1.807, 2.05) is 44.2 Å². The molecule has 1 rings (SSSR count). The SMILES string of the molecule is CC(C)CN(CC(N)=O)C(=O)C(C)C(N)c1ccccc1. The topological polar surface area (TPSA) is 89.4 Å². The largest absolute Gasteiger partial charge is 0.368 e. The molecule has 0 aliphatic carbocycles. The van der Waals surface area contributed by atoms with E-state index in [-0.39, 0.29) is 18.4 Å². The summed E-state index contributed by atoms with van der Waals surface area (Å²) in [6.45, 7) is 6.19. The van der Waals surface area contributed by atoms with Gasteiger partial charge in [-0.1, -0.05) is 51.1 Å². The van der Waals surface area contributed by atoms with Gasteiger partial charge in [-0.05, 0) is 11.5 Å². The molecule has 0 radical (unpaired) electrons. The Hall–Kier alpha value is -1.88. The van der Waals surface area contributed by atoms with E-state index in [9.17, 15) is 9.59 Å². The molecule has 0 heterocycles. The van der Waals surface area contributed by atoms with Crippen molar-refractivity contribution in [3.63, 3.8) is 0 Å². The molecular weight excluding hydrogens is 266 g/mol. The zero-order chi connectivity index (χ0) is 16.0. The number of benzene rings is 1. The number of amides is 2. The van der Waals surface area contributed by atoms with Gasteiger partial charge in [-0.15, -0.1) is 0 Å². The summed E-state index contributed by atoms with van der Waals surface area (Å²) in [5.41, 5.74) is 12.3. The fraction of sp³-hybridized carbons (Fsp3) is 0.500. The number of carbonyl (C=O) groups is 2. The maximum Gasteiger partial charge on any atom is 0.237 e. The van der Waals surface area contributed by atoms with Crippen LogP contribution in [0.3, 0.4) is 0 Å². The van der Waals surface area contributed by atoms with Gasteiger partial charge in [0.15, 0.2) is 0 Å². The van der Waals surface area contributed by atoms with Gasteiger partial charge < -0.3 is 16.4 Å². The molecule has 0 saturated heterocycles. The Kier molecular flexibility index (Phi) is 6.37. The van der Waals surface area contributed by atoms with Crippen molar-refractivity contribution < 1.29 is 9.59 Å². The van der Waals surface area contributed by atoms with Crippen LogP contribution in [-0.4, -0.2) is 29.8 Å². The lowest BCUT2D eigenvalue weighted by atomic mass is 9.94. The van der Waals surface area contributed by atoms with Crippen LogP contribution in [0.2, 0.25) is 0 Å². The molecule has 5 heteroatoms. The standard InChI is InChI=1S/C16H25N3O2/c1-11(2)9-19(10-14(17)20)16(21)12(3)15(18)13-7-5-4-6-8-13/h4-8,11-12,15H,9-10,18H2,1-3H3,(H2,17,20). The van der Waals surface area contributed by atoms with E-state index < -0.39 is 17.9 Å². The fourth-order valence-corrected chi connectivity index (χ4v) is 2.27. The predicted molar refractivity (Wildman–Crippen MR) is 83.1 cm³/mol. The summed E-state index contributed by atoms with van der Waals surface area (Å²) in [6, 6.07) is 9.08. The second-order valence-electron chi connectivity index (χ2n) is 5.80. The first-order valence-electron chi connectivity index (χ1n) is 7.20. The molecule has 0 spiro atoms. The summed E-state index contributed by atoms with van der Waals surface area (Å²) >= 11 is 0. The molecule has 0 aliphatic heterocycles. The normalized spacial score (nSPS) is 13.8. The summed E-state index contributed by atoms with van der Waals surface area (Å²) in [5, 5.41) is 0. The monoisotopic (exact) mass is 291 g/mol. The van der Waals surface area contributed by atoms with Gasteiger partial charge in [0.05, 0.1) is 12.5 Å². The van der Waals surface area contributed by atoms with Crippen molar-refractivity contribution in [2.45, 2.75) is 26.8 Å². The van der Waals surface area contributed by atoms with Crippen molar-refractivity contribution in [3.8, 4) is 0 Å². The third kappa shape index (κ3) is 5.19. The molecule has 4 N–H and O–H groups in total. The number of nitrogens with two attached hydrogens (primary N) is 2.